The van der Waals surface area contributed by atoms with Gasteiger partial charge in [-0.1, -0.05) is 31.6 Å². The van der Waals surface area contributed by atoms with Gasteiger partial charge in [-0.05, 0) is 17.7 Å². The average molecular weight is 222 g/mol. The van der Waals surface area contributed by atoms with E-state index in [1.807, 2.05) is 0 Å². The van der Waals surface area contributed by atoms with E-state index in [-0.39, 0.29) is 12.4 Å². The Morgan fingerprint density at radius 3 is 2.53 bits per heavy atom. The zero-order chi connectivity index (χ0) is 11.5. The quantitative estimate of drug-likeness (QED) is 0.572. The van der Waals surface area contributed by atoms with Gasteiger partial charge in [0.05, 0.1) is 12.2 Å². The third-order valence-electron chi connectivity index (χ3n) is 1.79. The SMILES string of the molecule is C[Si](C)(C)C#Cc1cc(CO)ccc1F. The van der Waals surface area contributed by atoms with Crippen LogP contribution in [0.25, 0.3) is 0 Å². The highest BCUT2D eigenvalue weighted by molar-refractivity contribution is 6.83. The summed E-state index contributed by atoms with van der Waals surface area (Å²) >= 11 is 0. The summed E-state index contributed by atoms with van der Waals surface area (Å²) in [7, 11) is -1.48. The molecule has 0 aliphatic carbocycles. The van der Waals surface area contributed by atoms with Gasteiger partial charge in [-0.15, -0.1) is 5.54 Å². The largest absolute Gasteiger partial charge is 0.392 e. The van der Waals surface area contributed by atoms with Crippen LogP contribution in [-0.2, 0) is 6.61 Å². The molecule has 0 spiro atoms. The average Bonchev–Trinajstić information content (AvgIpc) is 2.15. The fourth-order valence-corrected chi connectivity index (χ4v) is 1.53. The minimum Gasteiger partial charge on any atom is -0.392 e. The van der Waals surface area contributed by atoms with Crippen LogP contribution < -0.4 is 0 Å². The highest BCUT2D eigenvalue weighted by Gasteiger charge is 2.08. The first kappa shape index (κ1) is 12.0. The zero-order valence-corrected chi connectivity index (χ0v) is 10.3. The van der Waals surface area contributed by atoms with Crippen LogP contribution in [0.5, 0.6) is 0 Å². The van der Waals surface area contributed by atoms with E-state index in [2.05, 4.69) is 31.1 Å². The molecule has 80 valence electrons. The second kappa shape index (κ2) is 4.60. The van der Waals surface area contributed by atoms with Gasteiger partial charge in [0.1, 0.15) is 13.9 Å². The summed E-state index contributed by atoms with van der Waals surface area (Å²) in [6, 6.07) is 4.51. The number of hydrogen-bond acceptors (Lipinski definition) is 1. The van der Waals surface area contributed by atoms with Gasteiger partial charge in [-0.25, -0.2) is 4.39 Å². The van der Waals surface area contributed by atoms with Crippen LogP contribution >= 0.6 is 0 Å². The maximum atomic E-state index is 13.3. The van der Waals surface area contributed by atoms with E-state index in [4.69, 9.17) is 5.11 Å². The second-order valence-corrected chi connectivity index (χ2v) is 9.22. The molecular weight excluding hydrogens is 207 g/mol. The minimum atomic E-state index is -1.48. The van der Waals surface area contributed by atoms with Crippen molar-refractivity contribution in [1.82, 2.24) is 0 Å². The first-order valence-electron chi connectivity index (χ1n) is 4.85. The molecule has 0 atom stereocenters. The molecule has 1 aromatic carbocycles. The Kier molecular flexibility index (Phi) is 3.67. The van der Waals surface area contributed by atoms with Crippen LogP contribution in [-0.4, -0.2) is 13.2 Å². The van der Waals surface area contributed by atoms with Crippen molar-refractivity contribution < 1.29 is 9.50 Å². The minimum absolute atomic E-state index is 0.0814. The van der Waals surface area contributed by atoms with Crippen LogP contribution in [0, 0.1) is 17.3 Å². The standard InChI is InChI=1S/C12H15FOSi/c1-15(2,3)7-6-11-8-10(9-14)4-5-12(11)13/h4-5,8,14H,9H2,1-3H3. The molecule has 0 bridgehead atoms. The molecule has 0 aromatic heterocycles. The molecule has 15 heavy (non-hydrogen) atoms. The molecule has 0 aliphatic heterocycles. The lowest BCUT2D eigenvalue weighted by Gasteiger charge is -2.04. The van der Waals surface area contributed by atoms with E-state index in [1.165, 1.54) is 6.07 Å². The molecule has 0 saturated heterocycles. The molecule has 0 fully saturated rings. The first-order valence-corrected chi connectivity index (χ1v) is 8.35. The number of halogens is 1. The number of aliphatic hydroxyl groups excluding tert-OH is 1. The lowest BCUT2D eigenvalue weighted by molar-refractivity contribution is 0.281. The van der Waals surface area contributed by atoms with Gasteiger partial charge in [-0.2, -0.15) is 0 Å². The zero-order valence-electron chi connectivity index (χ0n) is 9.26. The van der Waals surface area contributed by atoms with Crippen molar-refractivity contribution in [2.24, 2.45) is 0 Å². The molecule has 0 aliphatic rings. The van der Waals surface area contributed by atoms with E-state index in [9.17, 15) is 4.39 Å². The van der Waals surface area contributed by atoms with Crippen LogP contribution in [0.2, 0.25) is 19.6 Å². The highest BCUT2D eigenvalue weighted by atomic mass is 28.3. The van der Waals surface area contributed by atoms with Crippen molar-refractivity contribution >= 4 is 8.07 Å². The fourth-order valence-electron chi connectivity index (χ4n) is 1.02. The Hall–Kier alpha value is -1.11. The molecule has 1 N–H and O–H groups in total. The van der Waals surface area contributed by atoms with Crippen LogP contribution in [0.1, 0.15) is 11.1 Å². The van der Waals surface area contributed by atoms with Gasteiger partial charge in [0.25, 0.3) is 0 Å². The molecule has 1 nitrogen and oxygen atoms in total. The molecular formula is C12H15FOSi. The number of aliphatic hydroxyl groups is 1. The number of rotatable bonds is 1. The van der Waals surface area contributed by atoms with Crippen molar-refractivity contribution in [3.63, 3.8) is 0 Å². The lowest BCUT2D eigenvalue weighted by Crippen LogP contribution is -2.16. The second-order valence-electron chi connectivity index (χ2n) is 4.47. The van der Waals surface area contributed by atoms with E-state index in [0.717, 1.165) is 0 Å². The maximum absolute atomic E-state index is 13.3. The van der Waals surface area contributed by atoms with Gasteiger partial charge >= 0.3 is 0 Å². The molecule has 3 heteroatoms. The van der Waals surface area contributed by atoms with Crippen molar-refractivity contribution in [3.05, 3.63) is 35.1 Å². The van der Waals surface area contributed by atoms with Crippen molar-refractivity contribution in [3.8, 4) is 11.5 Å². The van der Waals surface area contributed by atoms with Gasteiger partial charge in [0.15, 0.2) is 0 Å². The van der Waals surface area contributed by atoms with Gasteiger partial charge < -0.3 is 5.11 Å². The predicted molar refractivity (Wildman–Crippen MR) is 62.5 cm³/mol. The summed E-state index contributed by atoms with van der Waals surface area (Å²) in [6.45, 7) is 6.23. The normalized spacial score (nSPS) is 10.7. The summed E-state index contributed by atoms with van der Waals surface area (Å²) in [4.78, 5) is 0. The van der Waals surface area contributed by atoms with Crippen molar-refractivity contribution in [2.75, 3.05) is 0 Å². The molecule has 1 aromatic rings. The molecule has 0 radical (unpaired) electrons. The summed E-state index contributed by atoms with van der Waals surface area (Å²) < 4.78 is 13.3. The van der Waals surface area contributed by atoms with Gasteiger partial charge in [0.2, 0.25) is 0 Å². The maximum Gasteiger partial charge on any atom is 0.138 e. The Labute approximate surface area is 91.0 Å². The van der Waals surface area contributed by atoms with Gasteiger partial charge in [-0.3, -0.25) is 0 Å². The van der Waals surface area contributed by atoms with Gasteiger partial charge in [0, 0.05) is 0 Å². The van der Waals surface area contributed by atoms with E-state index < -0.39 is 8.07 Å². The first-order chi connectivity index (χ1) is 6.92. The van der Waals surface area contributed by atoms with Crippen LogP contribution in [0.15, 0.2) is 18.2 Å². The Morgan fingerprint density at radius 1 is 1.33 bits per heavy atom. The summed E-state index contributed by atoms with van der Waals surface area (Å²) in [5, 5.41) is 8.92. The van der Waals surface area contributed by atoms with Crippen LogP contribution in [0.4, 0.5) is 4.39 Å². The molecule has 0 unspecified atom stereocenters. The predicted octanol–water partition coefficient (Wildman–Crippen LogP) is 2.55. The van der Waals surface area contributed by atoms with E-state index in [0.29, 0.717) is 11.1 Å². The molecule has 0 amide bonds. The summed E-state index contributed by atoms with van der Waals surface area (Å²) in [6.07, 6.45) is 0. The van der Waals surface area contributed by atoms with E-state index in [1.54, 1.807) is 12.1 Å². The smallest absolute Gasteiger partial charge is 0.138 e. The van der Waals surface area contributed by atoms with Crippen molar-refractivity contribution in [1.29, 1.82) is 0 Å². The molecule has 0 saturated carbocycles. The topological polar surface area (TPSA) is 20.2 Å². The Morgan fingerprint density at radius 2 is 2.00 bits per heavy atom. The number of hydrogen-bond donors (Lipinski definition) is 1. The summed E-state index contributed by atoms with van der Waals surface area (Å²) in [5.41, 5.74) is 4.17. The third kappa shape index (κ3) is 3.86. The third-order valence-corrected chi connectivity index (χ3v) is 2.66. The van der Waals surface area contributed by atoms with Crippen molar-refractivity contribution in [2.45, 2.75) is 26.2 Å². The lowest BCUT2D eigenvalue weighted by atomic mass is 10.1. The van der Waals surface area contributed by atoms with E-state index >= 15 is 0 Å². The number of benzene rings is 1. The monoisotopic (exact) mass is 222 g/mol. The van der Waals surface area contributed by atoms with Crippen LogP contribution in [0.3, 0.4) is 0 Å². The highest BCUT2D eigenvalue weighted by Crippen LogP contribution is 2.10. The Bertz CT molecular complexity index is 410. The fraction of sp³-hybridized carbons (Fsp3) is 0.333. The molecule has 1 rings (SSSR count). The Balaban J connectivity index is 3.07. The molecule has 0 heterocycles. The summed E-state index contributed by atoms with van der Waals surface area (Å²) in [5.74, 6) is 2.53.